The number of fused-ring (bicyclic) bond motifs is 9. The molecule has 11 aromatic rings. The summed E-state index contributed by atoms with van der Waals surface area (Å²) in [6, 6.07) is 71.1. The van der Waals surface area contributed by atoms with Crippen molar-refractivity contribution in [3.05, 3.63) is 200 Å². The summed E-state index contributed by atoms with van der Waals surface area (Å²) in [7, 11) is 0. The van der Waals surface area contributed by atoms with Gasteiger partial charge in [0.15, 0.2) is 17.5 Å². The van der Waals surface area contributed by atoms with Crippen molar-refractivity contribution in [3.63, 3.8) is 0 Å². The molecule has 0 saturated carbocycles. The molecular formula is C53H33N3. The summed E-state index contributed by atoms with van der Waals surface area (Å²) in [6.45, 7) is 0. The molecule has 0 aliphatic rings. The van der Waals surface area contributed by atoms with Gasteiger partial charge in [-0.25, -0.2) is 15.0 Å². The van der Waals surface area contributed by atoms with Gasteiger partial charge in [0, 0.05) is 16.7 Å². The summed E-state index contributed by atoms with van der Waals surface area (Å²) in [5, 5.41) is 12.4. The van der Waals surface area contributed by atoms with Crippen LogP contribution in [0, 0.1) is 0 Å². The minimum absolute atomic E-state index is 0.634. The molecule has 3 nitrogen and oxygen atoms in total. The Hall–Kier alpha value is -7.49. The summed E-state index contributed by atoms with van der Waals surface area (Å²) in [6.07, 6.45) is 0. The highest BCUT2D eigenvalue weighted by atomic mass is 15.0. The third-order valence-electron chi connectivity index (χ3n) is 11.1. The van der Waals surface area contributed by atoms with Crippen LogP contribution in [0.1, 0.15) is 0 Å². The van der Waals surface area contributed by atoms with Crippen LogP contribution < -0.4 is 0 Å². The van der Waals surface area contributed by atoms with E-state index < -0.39 is 0 Å². The lowest BCUT2D eigenvalue weighted by Crippen LogP contribution is -2.01. The Morgan fingerprint density at radius 2 is 0.696 bits per heavy atom. The zero-order valence-corrected chi connectivity index (χ0v) is 30.4. The first-order chi connectivity index (χ1) is 27.8. The highest BCUT2D eigenvalue weighted by Crippen LogP contribution is 2.44. The monoisotopic (exact) mass is 711 g/mol. The molecule has 1 aromatic heterocycles. The van der Waals surface area contributed by atoms with Crippen LogP contribution in [-0.2, 0) is 0 Å². The van der Waals surface area contributed by atoms with Crippen molar-refractivity contribution in [1.82, 2.24) is 15.0 Å². The molecule has 0 bridgehead atoms. The largest absolute Gasteiger partial charge is 0.208 e. The molecule has 260 valence electrons. The molecule has 3 heteroatoms. The van der Waals surface area contributed by atoms with Crippen molar-refractivity contribution in [2.45, 2.75) is 0 Å². The van der Waals surface area contributed by atoms with Crippen LogP contribution >= 0.6 is 0 Å². The van der Waals surface area contributed by atoms with E-state index in [4.69, 9.17) is 15.0 Å². The number of hydrogen-bond acceptors (Lipinski definition) is 3. The molecule has 0 N–H and O–H groups in total. The third kappa shape index (κ3) is 5.32. The van der Waals surface area contributed by atoms with Gasteiger partial charge >= 0.3 is 0 Å². The lowest BCUT2D eigenvalue weighted by Gasteiger charge is -2.18. The van der Waals surface area contributed by atoms with Crippen LogP contribution in [0.4, 0.5) is 0 Å². The topological polar surface area (TPSA) is 38.7 Å². The van der Waals surface area contributed by atoms with Crippen LogP contribution in [0.3, 0.4) is 0 Å². The maximum atomic E-state index is 5.24. The number of aromatic nitrogens is 3. The van der Waals surface area contributed by atoms with Gasteiger partial charge in [-0.05, 0) is 88.2 Å². The van der Waals surface area contributed by atoms with Crippen LogP contribution in [0.2, 0.25) is 0 Å². The number of rotatable bonds is 5. The Morgan fingerprint density at radius 3 is 1.41 bits per heavy atom. The van der Waals surface area contributed by atoms with E-state index in [1.807, 2.05) is 18.2 Å². The van der Waals surface area contributed by atoms with E-state index >= 15 is 0 Å². The summed E-state index contributed by atoms with van der Waals surface area (Å²) in [4.78, 5) is 15.5. The van der Waals surface area contributed by atoms with Crippen molar-refractivity contribution in [2.24, 2.45) is 0 Å². The van der Waals surface area contributed by atoms with E-state index in [0.717, 1.165) is 33.4 Å². The lowest BCUT2D eigenvalue weighted by atomic mass is 9.86. The molecule has 0 saturated heterocycles. The Morgan fingerprint density at radius 1 is 0.232 bits per heavy atom. The normalized spacial score (nSPS) is 11.6. The van der Waals surface area contributed by atoms with Gasteiger partial charge in [0.05, 0.1) is 0 Å². The molecule has 0 atom stereocenters. The van der Waals surface area contributed by atoms with Crippen molar-refractivity contribution < 1.29 is 0 Å². The summed E-state index contributed by atoms with van der Waals surface area (Å²) < 4.78 is 0. The Bertz CT molecular complexity index is 3300. The van der Waals surface area contributed by atoms with Crippen molar-refractivity contribution in [1.29, 1.82) is 0 Å². The molecule has 11 rings (SSSR count). The Kier molecular flexibility index (Phi) is 7.49. The molecule has 0 spiro atoms. The number of hydrogen-bond donors (Lipinski definition) is 0. The van der Waals surface area contributed by atoms with Gasteiger partial charge in [-0.1, -0.05) is 188 Å². The van der Waals surface area contributed by atoms with E-state index in [1.165, 1.54) is 59.4 Å². The summed E-state index contributed by atoms with van der Waals surface area (Å²) >= 11 is 0. The second-order valence-electron chi connectivity index (χ2n) is 14.3. The molecular weight excluding hydrogens is 679 g/mol. The van der Waals surface area contributed by atoms with Crippen LogP contribution in [-0.4, -0.2) is 15.0 Å². The Balaban J connectivity index is 1.11. The van der Waals surface area contributed by atoms with E-state index in [9.17, 15) is 0 Å². The van der Waals surface area contributed by atoms with E-state index in [0.29, 0.717) is 17.5 Å². The summed E-state index contributed by atoms with van der Waals surface area (Å²) in [5.41, 5.74) is 7.37. The minimum atomic E-state index is 0.634. The SMILES string of the molecule is c1ccc(-c2nc(-c3ccc(-c4ccc5ccccc5c4)cc3)nc(-c3ccccc3-c3cc4c5ccccc5c5ccccc5c4c4ccccc34)n2)cc1. The van der Waals surface area contributed by atoms with E-state index in [1.54, 1.807) is 0 Å². The molecule has 0 aliphatic heterocycles. The predicted molar refractivity (Wildman–Crippen MR) is 235 cm³/mol. The average Bonchev–Trinajstić information content (AvgIpc) is 3.28. The first-order valence-electron chi connectivity index (χ1n) is 19.0. The van der Waals surface area contributed by atoms with Crippen molar-refractivity contribution in [2.75, 3.05) is 0 Å². The standard InChI is InChI=1S/C53H33N3/c1-2-15-36(16-3-1)51-54-52(37-29-26-35(27-30-37)39-31-28-34-14-4-5-17-38(34)32-39)56-53(55-51)47-25-13-10-22-44(47)48-33-49-42-20-7-6-18-40(42)41-19-8-11-23-45(41)50(49)46-24-12-9-21-43(46)48/h1-33H. The van der Waals surface area contributed by atoms with Crippen molar-refractivity contribution in [3.8, 4) is 56.4 Å². The van der Waals surface area contributed by atoms with Gasteiger partial charge in [0.1, 0.15) is 0 Å². The van der Waals surface area contributed by atoms with E-state index in [-0.39, 0.29) is 0 Å². The quantitative estimate of drug-likeness (QED) is 0.167. The smallest absolute Gasteiger partial charge is 0.164 e. The maximum Gasteiger partial charge on any atom is 0.164 e. The fraction of sp³-hybridized carbons (Fsp3) is 0. The van der Waals surface area contributed by atoms with Crippen LogP contribution in [0.25, 0.3) is 110 Å². The molecule has 1 heterocycles. The fourth-order valence-electron chi connectivity index (χ4n) is 8.43. The highest BCUT2D eigenvalue weighted by Gasteiger charge is 2.19. The molecule has 0 radical (unpaired) electrons. The molecule has 10 aromatic carbocycles. The maximum absolute atomic E-state index is 5.24. The second kappa shape index (κ2) is 13.1. The third-order valence-corrected chi connectivity index (χ3v) is 11.1. The van der Waals surface area contributed by atoms with Gasteiger partial charge in [-0.2, -0.15) is 0 Å². The number of nitrogens with zero attached hydrogens (tertiary/aromatic N) is 3. The number of benzene rings is 10. The van der Waals surface area contributed by atoms with Gasteiger partial charge in [-0.3, -0.25) is 0 Å². The van der Waals surface area contributed by atoms with Crippen LogP contribution in [0.15, 0.2) is 200 Å². The minimum Gasteiger partial charge on any atom is -0.208 e. The Labute approximate surface area is 324 Å². The molecule has 0 aliphatic carbocycles. The molecule has 0 amide bonds. The zero-order valence-electron chi connectivity index (χ0n) is 30.4. The zero-order chi connectivity index (χ0) is 37.0. The first-order valence-corrected chi connectivity index (χ1v) is 19.0. The van der Waals surface area contributed by atoms with E-state index in [2.05, 4.69) is 182 Å². The highest BCUT2D eigenvalue weighted by molar-refractivity contribution is 6.33. The second-order valence-corrected chi connectivity index (χ2v) is 14.3. The molecule has 0 unspecified atom stereocenters. The van der Waals surface area contributed by atoms with Gasteiger partial charge in [0.2, 0.25) is 0 Å². The van der Waals surface area contributed by atoms with Crippen LogP contribution in [0.5, 0.6) is 0 Å². The predicted octanol–water partition coefficient (Wildman–Crippen LogP) is 14.0. The lowest BCUT2D eigenvalue weighted by molar-refractivity contribution is 1.07. The van der Waals surface area contributed by atoms with Gasteiger partial charge in [0.25, 0.3) is 0 Å². The first kappa shape index (κ1) is 32.0. The summed E-state index contributed by atoms with van der Waals surface area (Å²) in [5.74, 6) is 1.91. The molecule has 0 fully saturated rings. The van der Waals surface area contributed by atoms with Gasteiger partial charge < -0.3 is 0 Å². The van der Waals surface area contributed by atoms with Gasteiger partial charge in [-0.15, -0.1) is 0 Å². The molecule has 56 heavy (non-hydrogen) atoms. The van der Waals surface area contributed by atoms with Crippen molar-refractivity contribution >= 4 is 53.9 Å². The average molecular weight is 712 g/mol. The fourth-order valence-corrected chi connectivity index (χ4v) is 8.43.